The average molecular weight is 568 g/mol. The van der Waals surface area contributed by atoms with Crippen LogP contribution in [0.4, 0.5) is 17.1 Å². The molecule has 4 rings (SSSR count). The van der Waals surface area contributed by atoms with Crippen molar-refractivity contribution in [3.05, 3.63) is 75.8 Å². The second kappa shape index (κ2) is 10.9. The number of ketones is 2. The Labute approximate surface area is 241 Å². The van der Waals surface area contributed by atoms with E-state index in [1.165, 1.54) is 24.3 Å². The van der Waals surface area contributed by atoms with E-state index < -0.39 is 54.5 Å². The molecule has 0 fully saturated rings. The van der Waals surface area contributed by atoms with Gasteiger partial charge in [-0.3, -0.25) is 9.59 Å². The van der Waals surface area contributed by atoms with Gasteiger partial charge in [0.25, 0.3) is 0 Å². The number of aliphatic hydroxyl groups excluding tert-OH is 1. The van der Waals surface area contributed by atoms with Crippen LogP contribution in [0, 0.1) is 13.8 Å². The van der Waals surface area contributed by atoms with E-state index in [1.807, 2.05) is 0 Å². The Morgan fingerprint density at radius 3 is 2.05 bits per heavy atom. The van der Waals surface area contributed by atoms with Crippen LogP contribution in [0.3, 0.4) is 0 Å². The number of benzene rings is 3. The zero-order valence-electron chi connectivity index (χ0n) is 20.7. The normalized spacial score (nSPS) is 12.9. The number of carbonyl (C=O) groups excluding carboxylic acids is 2. The first-order valence-electron chi connectivity index (χ1n) is 10.9. The van der Waals surface area contributed by atoms with Crippen LogP contribution in [-0.4, -0.2) is 51.2 Å². The minimum absolute atomic E-state index is 0. The summed E-state index contributed by atoms with van der Waals surface area (Å²) in [7, 11) is -9.21. The molecule has 1 aliphatic rings. The van der Waals surface area contributed by atoms with E-state index in [0.29, 0.717) is 11.1 Å². The number of hydrogen-bond donors (Lipinski definition) is 4. The average Bonchev–Trinajstić information content (AvgIpc) is 2.83. The summed E-state index contributed by atoms with van der Waals surface area (Å²) in [5.74, 6) is -1.36. The summed E-state index contributed by atoms with van der Waals surface area (Å²) < 4.78 is 63.8. The van der Waals surface area contributed by atoms with E-state index in [2.05, 4.69) is 10.0 Å². The number of rotatable bonds is 7. The van der Waals surface area contributed by atoms with E-state index in [9.17, 15) is 31.0 Å². The van der Waals surface area contributed by atoms with Crippen LogP contribution in [0.5, 0.6) is 0 Å². The fraction of sp³-hybridized carbons (Fsp3) is 0.167. The summed E-state index contributed by atoms with van der Waals surface area (Å²) in [6.45, 7) is 2.59. The van der Waals surface area contributed by atoms with Crippen LogP contribution < -0.4 is 45.3 Å². The minimum atomic E-state index is -5.16. The van der Waals surface area contributed by atoms with Gasteiger partial charge in [0.1, 0.15) is 10.1 Å². The number of nitrogen functional groups attached to an aromatic ring is 1. The summed E-state index contributed by atoms with van der Waals surface area (Å²) in [6.07, 6.45) is 0. The van der Waals surface area contributed by atoms with Gasteiger partial charge in [0.15, 0.2) is 11.6 Å². The van der Waals surface area contributed by atoms with Crippen LogP contribution >= 0.6 is 0 Å². The predicted octanol–water partition coefficient (Wildman–Crippen LogP) is -1.42. The van der Waals surface area contributed by atoms with Crippen LogP contribution in [0.15, 0.2) is 52.3 Å². The van der Waals surface area contributed by atoms with Crippen molar-refractivity contribution in [1.82, 2.24) is 4.72 Å². The molecule has 0 bridgehead atoms. The molecule has 14 heteroatoms. The molecule has 0 aromatic heterocycles. The van der Waals surface area contributed by atoms with Crippen molar-refractivity contribution < 1.29 is 65.6 Å². The molecule has 3 aromatic rings. The predicted molar refractivity (Wildman–Crippen MR) is 134 cm³/mol. The third-order valence-corrected chi connectivity index (χ3v) is 8.53. The quantitative estimate of drug-likeness (QED) is 0.117. The molecule has 0 unspecified atom stereocenters. The van der Waals surface area contributed by atoms with Crippen molar-refractivity contribution in [1.29, 1.82) is 0 Å². The number of hydrogen-bond acceptors (Lipinski definition) is 10. The SMILES string of the molecule is Cc1cc(Nc2cc(S(=O)(=O)[O-])c(N)c3c2C(=O)c2ccccc2C3=O)cc(S(=O)(=O)NCCO)c1C.[Na+]. The molecule has 11 nitrogen and oxygen atoms in total. The largest absolute Gasteiger partial charge is 1.00 e. The van der Waals surface area contributed by atoms with Gasteiger partial charge < -0.3 is 20.7 Å². The number of sulfonamides is 1. The van der Waals surface area contributed by atoms with Crippen molar-refractivity contribution >= 4 is 48.8 Å². The van der Waals surface area contributed by atoms with Crippen molar-refractivity contribution in [2.24, 2.45) is 0 Å². The summed E-state index contributed by atoms with van der Waals surface area (Å²) >= 11 is 0. The molecule has 0 saturated carbocycles. The first-order chi connectivity index (χ1) is 17.3. The van der Waals surface area contributed by atoms with E-state index in [0.717, 1.165) is 6.07 Å². The molecular formula is C24H22N3NaO8S2. The maximum Gasteiger partial charge on any atom is 1.00 e. The molecule has 0 heterocycles. The van der Waals surface area contributed by atoms with Gasteiger partial charge in [0.2, 0.25) is 10.0 Å². The van der Waals surface area contributed by atoms with Gasteiger partial charge in [-0.15, -0.1) is 0 Å². The molecule has 5 N–H and O–H groups in total. The van der Waals surface area contributed by atoms with Crippen molar-refractivity contribution in [2.45, 2.75) is 23.6 Å². The molecule has 194 valence electrons. The number of aryl methyl sites for hydroxylation is 1. The number of carbonyl (C=O) groups is 2. The van der Waals surface area contributed by atoms with Crippen molar-refractivity contribution in [2.75, 3.05) is 24.2 Å². The van der Waals surface area contributed by atoms with E-state index in [-0.39, 0.29) is 69.1 Å². The summed E-state index contributed by atoms with van der Waals surface area (Å²) in [5.41, 5.74) is 5.58. The molecule has 0 radical (unpaired) electrons. The Morgan fingerprint density at radius 1 is 0.921 bits per heavy atom. The van der Waals surface area contributed by atoms with E-state index >= 15 is 0 Å². The van der Waals surface area contributed by atoms with Gasteiger partial charge in [0.05, 0.1) is 38.9 Å². The van der Waals surface area contributed by atoms with Gasteiger partial charge in [0, 0.05) is 23.4 Å². The Balaban J connectivity index is 0.00000400. The summed E-state index contributed by atoms with van der Waals surface area (Å²) in [4.78, 5) is 25.7. The number of nitrogens with one attached hydrogen (secondary N) is 2. The molecule has 0 atom stereocenters. The van der Waals surface area contributed by atoms with E-state index in [1.54, 1.807) is 26.0 Å². The maximum absolute atomic E-state index is 13.4. The zero-order valence-corrected chi connectivity index (χ0v) is 24.3. The van der Waals surface area contributed by atoms with Gasteiger partial charge in [-0.1, -0.05) is 24.3 Å². The molecule has 0 spiro atoms. The number of aliphatic hydroxyl groups is 1. The Bertz CT molecular complexity index is 1700. The van der Waals surface area contributed by atoms with Crippen molar-refractivity contribution in [3.8, 4) is 0 Å². The van der Waals surface area contributed by atoms with Crippen molar-refractivity contribution in [3.63, 3.8) is 0 Å². The molecular weight excluding hydrogens is 545 g/mol. The Kier molecular flexibility index (Phi) is 8.56. The molecule has 1 aliphatic carbocycles. The minimum Gasteiger partial charge on any atom is -0.744 e. The fourth-order valence-corrected chi connectivity index (χ4v) is 6.19. The van der Waals surface area contributed by atoms with E-state index in [4.69, 9.17) is 10.8 Å². The molecule has 38 heavy (non-hydrogen) atoms. The van der Waals surface area contributed by atoms with Gasteiger partial charge in [-0.25, -0.2) is 21.6 Å². The third kappa shape index (κ3) is 5.28. The van der Waals surface area contributed by atoms with Crippen LogP contribution in [-0.2, 0) is 20.1 Å². The van der Waals surface area contributed by atoms with Gasteiger partial charge in [-0.2, -0.15) is 0 Å². The molecule has 0 amide bonds. The molecule has 0 saturated heterocycles. The number of nitrogens with two attached hydrogens (primary N) is 1. The van der Waals surface area contributed by atoms with Crippen LogP contribution in [0.1, 0.15) is 43.0 Å². The fourth-order valence-electron chi connectivity index (χ4n) is 4.19. The Hall–Kier alpha value is -2.62. The Morgan fingerprint density at radius 2 is 1.50 bits per heavy atom. The monoisotopic (exact) mass is 567 g/mol. The zero-order chi connectivity index (χ0) is 27.3. The van der Waals surface area contributed by atoms with Crippen LogP contribution in [0.25, 0.3) is 0 Å². The third-order valence-electron chi connectivity index (χ3n) is 6.06. The second-order valence-electron chi connectivity index (χ2n) is 8.41. The maximum atomic E-state index is 13.4. The topological polar surface area (TPSA) is 196 Å². The second-order valence-corrected chi connectivity index (χ2v) is 11.5. The molecule has 3 aromatic carbocycles. The smallest absolute Gasteiger partial charge is 0.744 e. The first kappa shape index (κ1) is 29.9. The van der Waals surface area contributed by atoms with Gasteiger partial charge >= 0.3 is 29.6 Å². The summed E-state index contributed by atoms with van der Waals surface area (Å²) in [5, 5.41) is 11.8. The molecule has 0 aliphatic heterocycles. The standard InChI is InChI=1S/C24H23N3O8S2.Na/c1-12-9-14(10-18(13(12)2)36(31,32)26-7-8-28)27-17-11-19(37(33,34)35)22(25)21-20(17)23(29)15-5-3-4-6-16(15)24(21)30;/h3-6,9-11,26-28H,7-8,25H2,1-2H3,(H,33,34,35);/q;+1/p-1. The number of anilines is 3. The summed E-state index contributed by atoms with van der Waals surface area (Å²) in [6, 6.07) is 9.58. The van der Waals surface area contributed by atoms with Gasteiger partial charge in [-0.05, 0) is 43.2 Å². The first-order valence-corrected chi connectivity index (χ1v) is 13.8. The van der Waals surface area contributed by atoms with Crippen LogP contribution in [0.2, 0.25) is 0 Å². The number of fused-ring (bicyclic) bond motifs is 2.